The number of pyridine rings is 1. The zero-order valence-electron chi connectivity index (χ0n) is 13.9. The molecule has 0 unspecified atom stereocenters. The first kappa shape index (κ1) is 16.7. The predicted octanol–water partition coefficient (Wildman–Crippen LogP) is 2.84. The van der Waals surface area contributed by atoms with Gasteiger partial charge in [0, 0.05) is 61.5 Å². The molecule has 1 saturated heterocycles. The highest BCUT2D eigenvalue weighted by Gasteiger charge is 2.23. The molecule has 1 aliphatic rings. The average molecular weight is 383 g/mol. The molecule has 4 heterocycles. The number of hydrogen-bond donors (Lipinski definition) is 1. The first-order valence-electron chi connectivity index (χ1n) is 7.63. The van der Waals surface area contributed by atoms with Gasteiger partial charge in [-0.1, -0.05) is 24.0 Å². The quantitative estimate of drug-likeness (QED) is 0.546. The van der Waals surface area contributed by atoms with Gasteiger partial charge in [0.15, 0.2) is 0 Å². The van der Waals surface area contributed by atoms with Crippen molar-refractivity contribution in [2.75, 3.05) is 19.0 Å². The van der Waals surface area contributed by atoms with E-state index in [0.29, 0.717) is 26.5 Å². The molecular formula is C17H13N5O2S2. The fraction of sp³-hybridized carbons (Fsp3) is 0.118. The standard InChI is InChI=1S/C17H13N5O2S2/c1-22(2)16-19-6-10(7-20-16)12-8-18-5-9-3-11(24-14(9)12)4-13-15(23)21-17(25)26-13/h3-8H,1-2H3,(H,21,23,25). The molecule has 1 amide bonds. The summed E-state index contributed by atoms with van der Waals surface area (Å²) in [4.78, 5) is 27.1. The van der Waals surface area contributed by atoms with Crippen molar-refractivity contribution in [3.63, 3.8) is 0 Å². The molecule has 0 spiro atoms. The summed E-state index contributed by atoms with van der Waals surface area (Å²) in [5.41, 5.74) is 2.26. The minimum Gasteiger partial charge on any atom is -0.456 e. The van der Waals surface area contributed by atoms with E-state index in [9.17, 15) is 4.79 Å². The second kappa shape index (κ2) is 6.50. The van der Waals surface area contributed by atoms with Crippen molar-refractivity contribution in [2.45, 2.75) is 0 Å². The topological polar surface area (TPSA) is 84.2 Å². The summed E-state index contributed by atoms with van der Waals surface area (Å²) < 4.78 is 6.40. The van der Waals surface area contributed by atoms with Crippen molar-refractivity contribution in [3.8, 4) is 11.1 Å². The Morgan fingerprint density at radius 3 is 2.65 bits per heavy atom. The highest BCUT2D eigenvalue weighted by Crippen LogP contribution is 2.32. The number of hydrogen-bond acceptors (Lipinski definition) is 8. The minimum absolute atomic E-state index is 0.216. The molecule has 0 radical (unpaired) electrons. The third-order valence-corrected chi connectivity index (χ3v) is 4.87. The average Bonchev–Trinajstić information content (AvgIpc) is 3.17. The summed E-state index contributed by atoms with van der Waals surface area (Å²) in [6, 6.07) is 1.84. The third-order valence-electron chi connectivity index (χ3n) is 3.71. The number of nitrogens with zero attached hydrogens (tertiary/aromatic N) is 4. The zero-order chi connectivity index (χ0) is 18.3. The van der Waals surface area contributed by atoms with Crippen molar-refractivity contribution < 1.29 is 9.21 Å². The normalized spacial score (nSPS) is 15.7. The maximum absolute atomic E-state index is 11.8. The van der Waals surface area contributed by atoms with Crippen LogP contribution in [-0.2, 0) is 4.79 Å². The number of anilines is 1. The van der Waals surface area contributed by atoms with Gasteiger partial charge in [-0.05, 0) is 6.07 Å². The Hall–Kier alpha value is -2.78. The van der Waals surface area contributed by atoms with Crippen molar-refractivity contribution in [1.82, 2.24) is 20.3 Å². The van der Waals surface area contributed by atoms with Crippen LogP contribution in [0.15, 0.2) is 40.2 Å². The van der Waals surface area contributed by atoms with Crippen LogP contribution in [0.1, 0.15) is 5.76 Å². The van der Waals surface area contributed by atoms with Gasteiger partial charge in [0.2, 0.25) is 5.95 Å². The van der Waals surface area contributed by atoms with Crippen molar-refractivity contribution in [3.05, 3.63) is 41.5 Å². The number of carbonyl (C=O) groups excluding carboxylic acids is 1. The van der Waals surface area contributed by atoms with Gasteiger partial charge in [-0.15, -0.1) is 0 Å². The first-order chi connectivity index (χ1) is 12.5. The number of furan rings is 1. The molecule has 0 saturated carbocycles. The molecule has 0 aromatic carbocycles. The maximum Gasteiger partial charge on any atom is 0.263 e. The Bertz CT molecular complexity index is 1060. The summed E-state index contributed by atoms with van der Waals surface area (Å²) in [5.74, 6) is 0.966. The number of nitrogens with one attached hydrogen (secondary N) is 1. The highest BCUT2D eigenvalue weighted by atomic mass is 32.2. The lowest BCUT2D eigenvalue weighted by Gasteiger charge is -2.09. The predicted molar refractivity (Wildman–Crippen MR) is 106 cm³/mol. The van der Waals surface area contributed by atoms with E-state index in [1.165, 1.54) is 11.8 Å². The van der Waals surface area contributed by atoms with E-state index in [-0.39, 0.29) is 5.91 Å². The van der Waals surface area contributed by atoms with Gasteiger partial charge in [-0.25, -0.2) is 9.97 Å². The maximum atomic E-state index is 11.8. The molecular weight excluding hydrogens is 370 g/mol. The Labute approximate surface area is 158 Å². The lowest BCUT2D eigenvalue weighted by atomic mass is 10.1. The van der Waals surface area contributed by atoms with Gasteiger partial charge >= 0.3 is 0 Å². The zero-order valence-corrected chi connectivity index (χ0v) is 15.5. The SMILES string of the molecule is CN(C)c1ncc(-c2cncc3cc(C=C4SC(=S)NC4=O)oc23)cn1. The van der Waals surface area contributed by atoms with Crippen LogP contribution in [0.5, 0.6) is 0 Å². The summed E-state index contributed by atoms with van der Waals surface area (Å²) in [5, 5.41) is 3.42. The Kier molecular flexibility index (Phi) is 4.17. The lowest BCUT2D eigenvalue weighted by Crippen LogP contribution is -2.17. The Balaban J connectivity index is 1.75. The van der Waals surface area contributed by atoms with Crippen LogP contribution >= 0.6 is 24.0 Å². The van der Waals surface area contributed by atoms with Crippen molar-refractivity contribution in [1.29, 1.82) is 0 Å². The van der Waals surface area contributed by atoms with E-state index >= 15 is 0 Å². The van der Waals surface area contributed by atoms with E-state index in [0.717, 1.165) is 16.5 Å². The smallest absolute Gasteiger partial charge is 0.263 e. The minimum atomic E-state index is -0.216. The molecule has 4 rings (SSSR count). The monoisotopic (exact) mass is 383 g/mol. The first-order valence-corrected chi connectivity index (χ1v) is 8.86. The third kappa shape index (κ3) is 3.06. The number of fused-ring (bicyclic) bond motifs is 1. The van der Waals surface area contributed by atoms with Gasteiger partial charge in [0.1, 0.15) is 15.7 Å². The Morgan fingerprint density at radius 1 is 1.23 bits per heavy atom. The molecule has 9 heteroatoms. The molecule has 0 atom stereocenters. The van der Waals surface area contributed by atoms with Gasteiger partial charge in [0.05, 0.1) is 4.91 Å². The van der Waals surface area contributed by atoms with Crippen LogP contribution in [0.3, 0.4) is 0 Å². The van der Waals surface area contributed by atoms with Gasteiger partial charge in [0.25, 0.3) is 5.91 Å². The molecule has 26 heavy (non-hydrogen) atoms. The number of thioether (sulfide) groups is 1. The van der Waals surface area contributed by atoms with Gasteiger partial charge in [-0.3, -0.25) is 9.78 Å². The fourth-order valence-electron chi connectivity index (χ4n) is 2.50. The van der Waals surface area contributed by atoms with Crippen molar-refractivity contribution in [2.24, 2.45) is 0 Å². The number of rotatable bonds is 3. The summed E-state index contributed by atoms with van der Waals surface area (Å²) in [6.45, 7) is 0. The van der Waals surface area contributed by atoms with E-state index in [2.05, 4.69) is 20.3 Å². The Morgan fingerprint density at radius 2 is 2.00 bits per heavy atom. The molecule has 3 aromatic rings. The summed E-state index contributed by atoms with van der Waals surface area (Å²) in [6.07, 6.45) is 8.57. The van der Waals surface area contributed by atoms with Crippen LogP contribution in [0, 0.1) is 0 Å². The van der Waals surface area contributed by atoms with Crippen molar-refractivity contribution >= 4 is 57.2 Å². The molecule has 1 fully saturated rings. The highest BCUT2D eigenvalue weighted by molar-refractivity contribution is 8.26. The molecule has 1 aliphatic heterocycles. The van der Waals surface area contributed by atoms with Gasteiger partial charge < -0.3 is 14.6 Å². The molecule has 130 valence electrons. The molecule has 1 N–H and O–H groups in total. The van der Waals surface area contributed by atoms with Crippen LogP contribution < -0.4 is 10.2 Å². The largest absolute Gasteiger partial charge is 0.456 e. The van der Waals surface area contributed by atoms with Crippen LogP contribution in [0.4, 0.5) is 5.95 Å². The summed E-state index contributed by atoms with van der Waals surface area (Å²) >= 11 is 6.21. The number of thiocarbonyl (C=S) groups is 1. The molecule has 3 aromatic heterocycles. The number of aromatic nitrogens is 3. The fourth-order valence-corrected chi connectivity index (χ4v) is 3.52. The second-order valence-electron chi connectivity index (χ2n) is 5.77. The summed E-state index contributed by atoms with van der Waals surface area (Å²) in [7, 11) is 3.76. The van der Waals surface area contributed by atoms with Crippen LogP contribution in [-0.4, -0.2) is 39.3 Å². The van der Waals surface area contributed by atoms with E-state index < -0.39 is 0 Å². The molecule has 0 bridgehead atoms. The van der Waals surface area contributed by atoms with E-state index in [4.69, 9.17) is 16.6 Å². The number of carbonyl (C=O) groups is 1. The van der Waals surface area contributed by atoms with E-state index in [1.807, 2.05) is 25.1 Å². The molecule has 0 aliphatic carbocycles. The number of amides is 1. The second-order valence-corrected chi connectivity index (χ2v) is 7.49. The molecule has 7 nitrogen and oxygen atoms in total. The van der Waals surface area contributed by atoms with Crippen LogP contribution in [0.25, 0.3) is 28.2 Å². The lowest BCUT2D eigenvalue weighted by molar-refractivity contribution is -0.115. The van der Waals surface area contributed by atoms with Gasteiger partial charge in [-0.2, -0.15) is 0 Å². The van der Waals surface area contributed by atoms with Crippen LogP contribution in [0.2, 0.25) is 0 Å². The van der Waals surface area contributed by atoms with E-state index in [1.54, 1.807) is 30.9 Å².